The third kappa shape index (κ3) is 3.95. The lowest BCUT2D eigenvalue weighted by atomic mass is 10.2. The van der Waals surface area contributed by atoms with E-state index in [1.807, 2.05) is 12.1 Å². The van der Waals surface area contributed by atoms with Crippen LogP contribution in [0.15, 0.2) is 36.4 Å². The summed E-state index contributed by atoms with van der Waals surface area (Å²) >= 11 is 11.8. The molecule has 0 radical (unpaired) electrons. The number of nitrogens with one attached hydrogen (secondary N) is 1. The lowest BCUT2D eigenvalue weighted by Gasteiger charge is -2.17. The Kier molecular flexibility index (Phi) is 5.03. The van der Waals surface area contributed by atoms with Crippen molar-refractivity contribution in [2.75, 3.05) is 18.0 Å². The molecule has 0 atom stereocenters. The van der Waals surface area contributed by atoms with Gasteiger partial charge < -0.3 is 10.2 Å². The normalized spacial score (nSPS) is 14.1. The maximum atomic E-state index is 12.1. The van der Waals surface area contributed by atoms with Crippen LogP contribution in [0.4, 0.5) is 5.69 Å². The Morgan fingerprint density at radius 1 is 1.09 bits per heavy atom. The number of pyridine rings is 1. The van der Waals surface area contributed by atoms with E-state index in [0.717, 1.165) is 18.7 Å². The lowest BCUT2D eigenvalue weighted by Crippen LogP contribution is -2.24. The molecule has 1 aromatic carbocycles. The zero-order valence-corrected chi connectivity index (χ0v) is 14.1. The molecular formula is C17H17Cl2N3O. The van der Waals surface area contributed by atoms with E-state index in [1.54, 1.807) is 12.1 Å². The zero-order chi connectivity index (χ0) is 16.2. The number of benzene rings is 1. The highest BCUT2D eigenvalue weighted by molar-refractivity contribution is 6.34. The number of aromatic nitrogens is 1. The predicted octanol–water partition coefficient (Wildman–Crippen LogP) is 3.92. The maximum Gasteiger partial charge on any atom is 0.271 e. The van der Waals surface area contributed by atoms with Crippen LogP contribution in [0.5, 0.6) is 0 Å². The quantitative estimate of drug-likeness (QED) is 0.850. The van der Waals surface area contributed by atoms with Crippen LogP contribution in [0.1, 0.15) is 28.9 Å². The number of amides is 1. The molecule has 1 aliphatic heterocycles. The molecule has 6 heteroatoms. The Balaban J connectivity index is 1.61. The van der Waals surface area contributed by atoms with Gasteiger partial charge in [0.25, 0.3) is 5.91 Å². The van der Waals surface area contributed by atoms with Crippen LogP contribution in [-0.4, -0.2) is 24.0 Å². The Hall–Kier alpha value is -1.78. The van der Waals surface area contributed by atoms with Gasteiger partial charge in [0, 0.05) is 25.3 Å². The lowest BCUT2D eigenvalue weighted by molar-refractivity contribution is 0.0946. The summed E-state index contributed by atoms with van der Waals surface area (Å²) in [7, 11) is 0. The van der Waals surface area contributed by atoms with Crippen molar-refractivity contribution < 1.29 is 4.79 Å². The van der Waals surface area contributed by atoms with Gasteiger partial charge in [0.05, 0.1) is 5.02 Å². The van der Waals surface area contributed by atoms with Gasteiger partial charge in [0.2, 0.25) is 0 Å². The fourth-order valence-electron chi connectivity index (χ4n) is 2.64. The number of hydrogen-bond donors (Lipinski definition) is 1. The molecule has 0 unspecified atom stereocenters. The van der Waals surface area contributed by atoms with Gasteiger partial charge in [-0.1, -0.05) is 35.3 Å². The second-order valence-electron chi connectivity index (χ2n) is 5.51. The van der Waals surface area contributed by atoms with Crippen molar-refractivity contribution in [1.29, 1.82) is 0 Å². The van der Waals surface area contributed by atoms with Gasteiger partial charge in [-0.15, -0.1) is 0 Å². The van der Waals surface area contributed by atoms with Crippen molar-refractivity contribution >= 4 is 34.8 Å². The molecular weight excluding hydrogens is 333 g/mol. The summed E-state index contributed by atoms with van der Waals surface area (Å²) in [4.78, 5) is 18.5. The highest BCUT2D eigenvalue weighted by Gasteiger charge is 2.14. The second-order valence-corrected chi connectivity index (χ2v) is 6.30. The van der Waals surface area contributed by atoms with Crippen molar-refractivity contribution in [3.63, 3.8) is 0 Å². The minimum absolute atomic E-state index is 0.146. The fourth-order valence-corrected chi connectivity index (χ4v) is 2.98. The van der Waals surface area contributed by atoms with Crippen LogP contribution in [-0.2, 0) is 6.54 Å². The molecule has 1 N–H and O–H groups in total. The van der Waals surface area contributed by atoms with E-state index in [9.17, 15) is 4.79 Å². The third-order valence-electron chi connectivity index (χ3n) is 3.89. The first-order valence-corrected chi connectivity index (χ1v) is 8.33. The molecule has 1 aliphatic rings. The first-order valence-electron chi connectivity index (χ1n) is 7.57. The molecule has 1 saturated heterocycles. The topological polar surface area (TPSA) is 45.2 Å². The summed E-state index contributed by atoms with van der Waals surface area (Å²) in [5.74, 6) is -0.332. The highest BCUT2D eigenvalue weighted by atomic mass is 35.5. The number of nitrogens with zero attached hydrogens (tertiary/aromatic N) is 2. The van der Waals surface area contributed by atoms with Gasteiger partial charge in [0.1, 0.15) is 10.8 Å². The summed E-state index contributed by atoms with van der Waals surface area (Å²) in [6.07, 6.45) is 2.51. The minimum Gasteiger partial charge on any atom is -0.372 e. The number of carbonyl (C=O) groups excluding carboxylic acids is 1. The van der Waals surface area contributed by atoms with Gasteiger partial charge in [-0.2, -0.15) is 0 Å². The number of rotatable bonds is 4. The molecule has 4 nitrogen and oxygen atoms in total. The van der Waals surface area contributed by atoms with Gasteiger partial charge >= 0.3 is 0 Å². The molecule has 1 amide bonds. The minimum atomic E-state index is -0.332. The van der Waals surface area contributed by atoms with E-state index in [1.165, 1.54) is 18.5 Å². The molecule has 2 aromatic rings. The molecule has 1 aromatic heterocycles. The maximum absolute atomic E-state index is 12.1. The van der Waals surface area contributed by atoms with E-state index in [2.05, 4.69) is 27.3 Å². The molecule has 0 spiro atoms. The standard InChI is InChI=1S/C17H17Cl2N3O/c18-14-7-8-15(19)21-16(14)17(23)20-11-12-3-5-13(6-4-12)22-9-1-2-10-22/h3-8H,1-2,9-11H2,(H,20,23). The number of anilines is 1. The smallest absolute Gasteiger partial charge is 0.271 e. The summed E-state index contributed by atoms with van der Waals surface area (Å²) < 4.78 is 0. The Morgan fingerprint density at radius 2 is 1.78 bits per heavy atom. The van der Waals surface area contributed by atoms with Gasteiger partial charge in [0.15, 0.2) is 0 Å². The van der Waals surface area contributed by atoms with Crippen LogP contribution in [0.25, 0.3) is 0 Å². The number of hydrogen-bond acceptors (Lipinski definition) is 3. The van der Waals surface area contributed by atoms with Gasteiger partial charge in [-0.05, 0) is 42.7 Å². The van der Waals surface area contributed by atoms with Gasteiger partial charge in [-0.25, -0.2) is 4.98 Å². The second kappa shape index (κ2) is 7.20. The first-order chi connectivity index (χ1) is 11.1. The molecule has 0 bridgehead atoms. The number of carbonyl (C=O) groups is 1. The van der Waals surface area contributed by atoms with E-state index in [-0.39, 0.29) is 21.8 Å². The fraction of sp³-hybridized carbons (Fsp3) is 0.294. The van der Waals surface area contributed by atoms with Crippen molar-refractivity contribution in [2.24, 2.45) is 0 Å². The summed E-state index contributed by atoms with van der Waals surface area (Å²) in [6, 6.07) is 11.4. The van der Waals surface area contributed by atoms with E-state index in [0.29, 0.717) is 6.54 Å². The number of halogens is 2. The molecule has 120 valence electrons. The zero-order valence-electron chi connectivity index (χ0n) is 12.6. The molecule has 0 saturated carbocycles. The predicted molar refractivity (Wildman–Crippen MR) is 93.3 cm³/mol. The average Bonchev–Trinajstić information content (AvgIpc) is 3.10. The van der Waals surface area contributed by atoms with Crippen molar-refractivity contribution in [1.82, 2.24) is 10.3 Å². The van der Waals surface area contributed by atoms with Gasteiger partial charge in [-0.3, -0.25) is 4.79 Å². The van der Waals surface area contributed by atoms with E-state index in [4.69, 9.17) is 23.2 Å². The Bertz CT molecular complexity index is 697. The molecule has 0 aliphatic carbocycles. The van der Waals surface area contributed by atoms with Crippen LogP contribution in [0.3, 0.4) is 0 Å². The van der Waals surface area contributed by atoms with Crippen LogP contribution >= 0.6 is 23.2 Å². The summed E-state index contributed by atoms with van der Waals surface area (Å²) in [5.41, 5.74) is 2.41. The molecule has 2 heterocycles. The molecule has 1 fully saturated rings. The monoisotopic (exact) mass is 349 g/mol. The Morgan fingerprint density at radius 3 is 2.48 bits per heavy atom. The van der Waals surface area contributed by atoms with Crippen molar-refractivity contribution in [2.45, 2.75) is 19.4 Å². The molecule has 23 heavy (non-hydrogen) atoms. The SMILES string of the molecule is O=C(NCc1ccc(N2CCCC2)cc1)c1nc(Cl)ccc1Cl. The van der Waals surface area contributed by atoms with E-state index >= 15 is 0 Å². The average molecular weight is 350 g/mol. The largest absolute Gasteiger partial charge is 0.372 e. The van der Waals surface area contributed by atoms with Crippen LogP contribution in [0, 0.1) is 0 Å². The van der Waals surface area contributed by atoms with E-state index < -0.39 is 0 Å². The third-order valence-corrected chi connectivity index (χ3v) is 4.40. The summed E-state index contributed by atoms with van der Waals surface area (Å²) in [6.45, 7) is 2.66. The highest BCUT2D eigenvalue weighted by Crippen LogP contribution is 2.20. The molecule has 3 rings (SSSR count). The van der Waals surface area contributed by atoms with Crippen molar-refractivity contribution in [3.05, 3.63) is 57.8 Å². The van der Waals surface area contributed by atoms with Crippen molar-refractivity contribution in [3.8, 4) is 0 Å². The summed E-state index contributed by atoms with van der Waals surface area (Å²) in [5, 5.41) is 3.35. The Labute approximate surface area is 145 Å². The first kappa shape index (κ1) is 16.1. The van der Waals surface area contributed by atoms with Crippen LogP contribution in [0.2, 0.25) is 10.2 Å². The van der Waals surface area contributed by atoms with Crippen LogP contribution < -0.4 is 10.2 Å².